The van der Waals surface area contributed by atoms with Gasteiger partial charge in [-0.25, -0.2) is 0 Å². The molecule has 0 bridgehead atoms. The predicted molar refractivity (Wildman–Crippen MR) is 68.4 cm³/mol. The van der Waals surface area contributed by atoms with Crippen LogP contribution in [0.2, 0.25) is 0 Å². The molecule has 1 saturated carbocycles. The molecule has 0 aromatic carbocycles. The summed E-state index contributed by atoms with van der Waals surface area (Å²) in [5.74, 6) is 0.894. The van der Waals surface area contributed by atoms with Gasteiger partial charge in [0, 0.05) is 32.6 Å². The summed E-state index contributed by atoms with van der Waals surface area (Å²) in [6.45, 7) is 11.6. The van der Waals surface area contributed by atoms with Gasteiger partial charge in [-0.3, -0.25) is 0 Å². The van der Waals surface area contributed by atoms with E-state index in [2.05, 4.69) is 45.9 Å². The van der Waals surface area contributed by atoms with Gasteiger partial charge < -0.3 is 4.90 Å². The van der Waals surface area contributed by atoms with E-state index in [0.29, 0.717) is 0 Å². The average molecular weight is 215 g/mol. The van der Waals surface area contributed by atoms with Crippen LogP contribution in [0.4, 0.5) is 0 Å². The third kappa shape index (κ3) is 2.70. The van der Waals surface area contributed by atoms with Gasteiger partial charge in [0.2, 0.25) is 0 Å². The molecule has 83 valence electrons. The van der Waals surface area contributed by atoms with Crippen LogP contribution in [-0.2, 0) is 0 Å². The van der Waals surface area contributed by atoms with E-state index in [1.165, 1.54) is 19.3 Å². The fourth-order valence-corrected chi connectivity index (χ4v) is 5.10. The summed E-state index contributed by atoms with van der Waals surface area (Å²) >= 11 is 0. The zero-order valence-electron chi connectivity index (χ0n) is 10.5. The molecule has 1 radical (unpaired) electrons. The van der Waals surface area contributed by atoms with E-state index in [9.17, 15) is 0 Å². The Morgan fingerprint density at radius 1 is 1.29 bits per heavy atom. The number of rotatable bonds is 3. The molecule has 0 heterocycles. The summed E-state index contributed by atoms with van der Waals surface area (Å²) in [7, 11) is 3.52. The van der Waals surface area contributed by atoms with Gasteiger partial charge in [0.25, 0.3) is 0 Å². The van der Waals surface area contributed by atoms with Crippen molar-refractivity contribution >= 4 is 7.26 Å². The van der Waals surface area contributed by atoms with Crippen LogP contribution in [-0.4, -0.2) is 44.0 Å². The minimum Gasteiger partial charge on any atom is -0.306 e. The van der Waals surface area contributed by atoms with E-state index >= 15 is 0 Å². The standard InChI is InChI=1S/C12H26NP/c1-10(13(2)3)11-8-7-9-12(11)14(4,5)6/h10-12H,4,7-9H2,1-3,5-6H3/q+1/t10-,11?,12?/m1/s1. The van der Waals surface area contributed by atoms with Crippen LogP contribution >= 0.6 is 7.26 Å². The second-order valence-electron chi connectivity index (χ2n) is 5.64. The molecule has 0 aromatic rings. The van der Waals surface area contributed by atoms with E-state index in [0.717, 1.165) is 17.6 Å². The molecule has 2 heteroatoms. The average Bonchev–Trinajstić information content (AvgIpc) is 2.48. The molecule has 1 fully saturated rings. The first kappa shape index (κ1) is 12.5. The monoisotopic (exact) mass is 215 g/mol. The van der Waals surface area contributed by atoms with Gasteiger partial charge in [-0.2, -0.15) is 0 Å². The fraction of sp³-hybridized carbons (Fsp3) is 0.917. The molecule has 1 nitrogen and oxygen atoms in total. The number of hydrogen-bond acceptors (Lipinski definition) is 1. The smallest absolute Gasteiger partial charge is 0.0926 e. The lowest BCUT2D eigenvalue weighted by Gasteiger charge is -2.33. The Kier molecular flexibility index (Phi) is 4.00. The molecule has 0 saturated heterocycles. The van der Waals surface area contributed by atoms with Crippen LogP contribution in [0.5, 0.6) is 0 Å². The highest BCUT2D eigenvalue weighted by atomic mass is 31.2. The third-order valence-corrected chi connectivity index (χ3v) is 6.30. The lowest BCUT2D eigenvalue weighted by molar-refractivity contribution is 0.232. The summed E-state index contributed by atoms with van der Waals surface area (Å²) in [5.41, 5.74) is 0.917. The molecule has 0 N–H and O–H groups in total. The highest BCUT2D eigenvalue weighted by Crippen LogP contribution is 2.62. The van der Waals surface area contributed by atoms with Crippen molar-refractivity contribution in [2.45, 2.75) is 37.9 Å². The van der Waals surface area contributed by atoms with E-state index < -0.39 is 7.26 Å². The van der Waals surface area contributed by atoms with Crippen molar-refractivity contribution in [3.05, 3.63) is 6.66 Å². The zero-order chi connectivity index (χ0) is 10.9. The Hall–Kier alpha value is 0.390. The summed E-state index contributed by atoms with van der Waals surface area (Å²) in [4.78, 5) is 2.37. The van der Waals surface area contributed by atoms with Gasteiger partial charge in [-0.15, -0.1) is 0 Å². The van der Waals surface area contributed by atoms with E-state index in [4.69, 9.17) is 0 Å². The van der Waals surface area contributed by atoms with Crippen molar-refractivity contribution in [2.75, 3.05) is 27.4 Å². The first-order valence-corrected chi connectivity index (χ1v) is 8.62. The Labute approximate surface area is 90.6 Å². The van der Waals surface area contributed by atoms with Crippen molar-refractivity contribution in [1.29, 1.82) is 0 Å². The van der Waals surface area contributed by atoms with E-state index in [1.54, 1.807) is 0 Å². The largest absolute Gasteiger partial charge is 0.306 e. The lowest BCUT2D eigenvalue weighted by Crippen LogP contribution is -2.36. The maximum atomic E-state index is 4.44. The van der Waals surface area contributed by atoms with Gasteiger partial charge in [-0.05, 0) is 40.3 Å². The van der Waals surface area contributed by atoms with Crippen molar-refractivity contribution < 1.29 is 0 Å². The Morgan fingerprint density at radius 3 is 2.29 bits per heavy atom. The Balaban J connectivity index is 2.69. The summed E-state index contributed by atoms with van der Waals surface area (Å²) in [5, 5.41) is 0. The molecule has 0 amide bonds. The predicted octanol–water partition coefficient (Wildman–Crippen LogP) is 3.17. The summed E-state index contributed by atoms with van der Waals surface area (Å²) in [6.07, 6.45) is 4.27. The second kappa shape index (κ2) is 4.49. The van der Waals surface area contributed by atoms with Crippen LogP contribution < -0.4 is 0 Å². The number of hydrogen-bond donors (Lipinski definition) is 0. The van der Waals surface area contributed by atoms with Crippen molar-refractivity contribution in [3.8, 4) is 0 Å². The van der Waals surface area contributed by atoms with Crippen LogP contribution in [0.1, 0.15) is 26.2 Å². The topological polar surface area (TPSA) is 3.24 Å². The summed E-state index contributed by atoms with van der Waals surface area (Å²) in [6, 6.07) is 0.725. The third-order valence-electron chi connectivity index (χ3n) is 3.86. The van der Waals surface area contributed by atoms with Crippen molar-refractivity contribution in [1.82, 2.24) is 4.90 Å². The van der Waals surface area contributed by atoms with Crippen molar-refractivity contribution in [3.63, 3.8) is 0 Å². The van der Waals surface area contributed by atoms with Crippen LogP contribution in [0.3, 0.4) is 0 Å². The maximum Gasteiger partial charge on any atom is 0.0926 e. The molecule has 0 aliphatic heterocycles. The van der Waals surface area contributed by atoms with E-state index in [1.807, 2.05) is 0 Å². The quantitative estimate of drug-likeness (QED) is 0.654. The molecule has 1 aliphatic rings. The maximum absolute atomic E-state index is 4.44. The SMILES string of the molecule is [CH2][P+](C)(C)C1CCCC1[C@@H](C)N(C)C. The lowest BCUT2D eigenvalue weighted by atomic mass is 9.98. The molecule has 1 aliphatic carbocycles. The summed E-state index contributed by atoms with van der Waals surface area (Å²) < 4.78 is 0. The first-order valence-electron chi connectivity index (χ1n) is 5.68. The fourth-order valence-electron chi connectivity index (χ4n) is 2.78. The molecule has 3 atom stereocenters. The molecule has 2 unspecified atom stereocenters. The minimum atomic E-state index is -0.890. The molecular weight excluding hydrogens is 189 g/mol. The molecule has 0 spiro atoms. The van der Waals surface area contributed by atoms with Crippen LogP contribution in [0.25, 0.3) is 0 Å². The highest BCUT2D eigenvalue weighted by Gasteiger charge is 2.44. The second-order valence-corrected chi connectivity index (χ2v) is 9.87. The normalized spacial score (nSPS) is 31.1. The number of nitrogens with zero attached hydrogens (tertiary/aromatic N) is 1. The van der Waals surface area contributed by atoms with Crippen molar-refractivity contribution in [2.24, 2.45) is 5.92 Å². The molecule has 1 rings (SSSR count). The van der Waals surface area contributed by atoms with Gasteiger partial charge in [0.1, 0.15) is 0 Å². The van der Waals surface area contributed by atoms with E-state index in [-0.39, 0.29) is 0 Å². The van der Waals surface area contributed by atoms with Gasteiger partial charge in [0.15, 0.2) is 0 Å². The Morgan fingerprint density at radius 2 is 1.86 bits per heavy atom. The molecule has 14 heavy (non-hydrogen) atoms. The van der Waals surface area contributed by atoms with Gasteiger partial charge >= 0.3 is 0 Å². The molecular formula is C12H26NP+. The first-order chi connectivity index (χ1) is 6.34. The molecule has 0 aromatic heterocycles. The highest BCUT2D eigenvalue weighted by molar-refractivity contribution is 7.76. The van der Waals surface area contributed by atoms with Crippen LogP contribution in [0, 0.1) is 12.6 Å². The van der Waals surface area contributed by atoms with Gasteiger partial charge in [-0.1, -0.05) is 0 Å². The van der Waals surface area contributed by atoms with Gasteiger partial charge in [0.05, 0.1) is 12.3 Å². The Bertz CT molecular complexity index is 183. The minimum absolute atomic E-state index is 0.725. The zero-order valence-corrected chi connectivity index (χ0v) is 11.3. The van der Waals surface area contributed by atoms with Crippen LogP contribution in [0.15, 0.2) is 0 Å².